The second-order valence-corrected chi connectivity index (χ2v) is 8.07. The molecule has 7 heteroatoms. The summed E-state index contributed by atoms with van der Waals surface area (Å²) in [5.41, 5.74) is 5.77. The highest BCUT2D eigenvalue weighted by atomic mass is 16.1. The van der Waals surface area contributed by atoms with E-state index >= 15 is 0 Å². The molecule has 0 bridgehead atoms. The van der Waals surface area contributed by atoms with Crippen molar-refractivity contribution in [1.29, 1.82) is 0 Å². The maximum atomic E-state index is 13.5. The number of aromatic nitrogens is 5. The molecular formula is C25H24N6O. The minimum absolute atomic E-state index is 0.169. The Balaban J connectivity index is 1.55. The number of carbonyl (C=O) groups excluding carboxylic acids is 1. The van der Waals surface area contributed by atoms with Crippen LogP contribution < -0.4 is 5.32 Å². The van der Waals surface area contributed by atoms with Gasteiger partial charge in [0.05, 0.1) is 33.7 Å². The van der Waals surface area contributed by atoms with E-state index in [1.54, 1.807) is 4.68 Å². The number of carbonyl (C=O) groups is 1. The number of aromatic amines is 1. The smallest absolute Gasteiger partial charge is 0.252 e. The molecule has 0 radical (unpaired) electrons. The Kier molecular flexibility index (Phi) is 4.93. The molecular weight excluding hydrogens is 400 g/mol. The van der Waals surface area contributed by atoms with Crippen molar-refractivity contribution < 1.29 is 4.79 Å². The summed E-state index contributed by atoms with van der Waals surface area (Å²) >= 11 is 0. The summed E-state index contributed by atoms with van der Waals surface area (Å²) in [4.78, 5) is 26.3. The van der Waals surface area contributed by atoms with Gasteiger partial charge in [-0.25, -0.2) is 9.97 Å². The first-order chi connectivity index (χ1) is 15.5. The van der Waals surface area contributed by atoms with Crippen molar-refractivity contribution in [3.05, 3.63) is 89.0 Å². The second kappa shape index (κ2) is 7.92. The highest BCUT2D eigenvalue weighted by Gasteiger charge is 2.23. The Morgan fingerprint density at radius 3 is 2.59 bits per heavy atom. The first-order valence-corrected chi connectivity index (χ1v) is 10.6. The monoisotopic (exact) mass is 424 g/mol. The van der Waals surface area contributed by atoms with Crippen LogP contribution in [0.1, 0.15) is 39.2 Å². The Morgan fingerprint density at radius 1 is 1.06 bits per heavy atom. The zero-order valence-electron chi connectivity index (χ0n) is 18.3. The van der Waals surface area contributed by atoms with E-state index in [1.807, 2.05) is 69.4 Å². The van der Waals surface area contributed by atoms with Crippen LogP contribution in [0.15, 0.2) is 60.7 Å². The predicted octanol–water partition coefficient (Wildman–Crippen LogP) is 4.18. The van der Waals surface area contributed by atoms with E-state index in [4.69, 9.17) is 4.98 Å². The average molecular weight is 425 g/mol. The van der Waals surface area contributed by atoms with Crippen molar-refractivity contribution in [3.63, 3.8) is 0 Å². The maximum Gasteiger partial charge on any atom is 0.252 e. The van der Waals surface area contributed by atoms with Crippen LogP contribution in [0.3, 0.4) is 0 Å². The van der Waals surface area contributed by atoms with Crippen LogP contribution in [0.4, 0.5) is 0 Å². The van der Waals surface area contributed by atoms with E-state index in [1.165, 1.54) is 0 Å². The normalized spacial score (nSPS) is 12.3. The number of H-pyrrole nitrogens is 1. The molecule has 7 nitrogen and oxygen atoms in total. The van der Waals surface area contributed by atoms with Crippen molar-refractivity contribution >= 4 is 28.0 Å². The SMILES string of the molecule is Cc1cc(C(=O)N[C@@H](Cc2ccccc2)c2nc3ccccc3[nH]2)c2c(C)nn(C)c2n1. The zero-order chi connectivity index (χ0) is 22.2. The summed E-state index contributed by atoms with van der Waals surface area (Å²) in [6.07, 6.45) is 0.617. The van der Waals surface area contributed by atoms with Gasteiger partial charge in [0, 0.05) is 12.7 Å². The molecule has 2 aromatic carbocycles. The van der Waals surface area contributed by atoms with Crippen molar-refractivity contribution in [2.45, 2.75) is 26.3 Å². The minimum Gasteiger partial charge on any atom is -0.342 e. The summed E-state index contributed by atoms with van der Waals surface area (Å²) in [6, 6.07) is 19.5. The first-order valence-electron chi connectivity index (χ1n) is 10.6. The molecule has 5 aromatic rings. The summed E-state index contributed by atoms with van der Waals surface area (Å²) in [5, 5.41) is 8.46. The van der Waals surface area contributed by atoms with Gasteiger partial charge >= 0.3 is 0 Å². The van der Waals surface area contributed by atoms with Gasteiger partial charge in [0.1, 0.15) is 5.82 Å². The van der Waals surface area contributed by atoms with Gasteiger partial charge in [-0.15, -0.1) is 0 Å². The number of para-hydroxylation sites is 2. The van der Waals surface area contributed by atoms with Gasteiger partial charge in [0.15, 0.2) is 5.65 Å². The Bertz CT molecular complexity index is 1400. The lowest BCUT2D eigenvalue weighted by atomic mass is 10.0. The van der Waals surface area contributed by atoms with Gasteiger partial charge in [-0.05, 0) is 44.0 Å². The van der Waals surface area contributed by atoms with Crippen molar-refractivity contribution in [3.8, 4) is 0 Å². The van der Waals surface area contributed by atoms with Crippen LogP contribution in [-0.4, -0.2) is 30.6 Å². The molecule has 0 saturated heterocycles. The number of nitrogens with one attached hydrogen (secondary N) is 2. The Hall–Kier alpha value is -4.00. The summed E-state index contributed by atoms with van der Waals surface area (Å²) in [5.74, 6) is 0.561. The molecule has 0 aliphatic rings. The van der Waals surface area contributed by atoms with Crippen LogP contribution in [0.5, 0.6) is 0 Å². The van der Waals surface area contributed by atoms with Crippen LogP contribution in [-0.2, 0) is 13.5 Å². The van der Waals surface area contributed by atoms with E-state index in [0.29, 0.717) is 17.6 Å². The van der Waals surface area contributed by atoms with Crippen molar-refractivity contribution in [2.75, 3.05) is 0 Å². The Morgan fingerprint density at radius 2 is 1.81 bits per heavy atom. The molecule has 5 rings (SSSR count). The van der Waals surface area contributed by atoms with Gasteiger partial charge in [-0.3, -0.25) is 9.48 Å². The van der Waals surface area contributed by atoms with Crippen LogP contribution in [0, 0.1) is 13.8 Å². The number of pyridine rings is 1. The number of hydrogen-bond acceptors (Lipinski definition) is 4. The zero-order valence-corrected chi connectivity index (χ0v) is 18.3. The number of amides is 1. The van der Waals surface area contributed by atoms with Gasteiger partial charge in [-0.2, -0.15) is 5.10 Å². The molecule has 3 aromatic heterocycles. The van der Waals surface area contributed by atoms with Crippen LogP contribution >= 0.6 is 0 Å². The average Bonchev–Trinajstić information content (AvgIpc) is 3.34. The number of aryl methyl sites for hydroxylation is 3. The lowest BCUT2D eigenvalue weighted by Gasteiger charge is -2.18. The first kappa shape index (κ1) is 19.9. The van der Waals surface area contributed by atoms with E-state index in [9.17, 15) is 4.79 Å². The number of hydrogen-bond donors (Lipinski definition) is 2. The number of nitrogens with zero attached hydrogens (tertiary/aromatic N) is 4. The van der Waals surface area contributed by atoms with E-state index in [-0.39, 0.29) is 11.9 Å². The largest absolute Gasteiger partial charge is 0.342 e. The molecule has 2 N–H and O–H groups in total. The fourth-order valence-electron chi connectivity index (χ4n) is 4.19. The summed E-state index contributed by atoms with van der Waals surface area (Å²) in [6.45, 7) is 3.79. The molecule has 1 amide bonds. The second-order valence-electron chi connectivity index (χ2n) is 8.07. The quantitative estimate of drug-likeness (QED) is 0.443. The molecule has 0 aliphatic carbocycles. The fourth-order valence-corrected chi connectivity index (χ4v) is 4.19. The van der Waals surface area contributed by atoms with Gasteiger partial charge < -0.3 is 10.3 Å². The summed E-state index contributed by atoms with van der Waals surface area (Å²) < 4.78 is 1.72. The number of benzene rings is 2. The number of rotatable bonds is 5. The molecule has 0 fully saturated rings. The lowest BCUT2D eigenvalue weighted by molar-refractivity contribution is 0.0936. The standard InChI is InChI=1S/C25H24N6O/c1-15-13-18(22-16(2)30-31(3)24(22)26-15)25(32)29-21(14-17-9-5-4-6-10-17)23-27-19-11-7-8-12-20(19)28-23/h4-13,21H,14H2,1-3H3,(H,27,28)(H,29,32)/t21-/m0/s1. The van der Waals surface area contributed by atoms with Gasteiger partial charge in [0.2, 0.25) is 0 Å². The molecule has 0 aliphatic heterocycles. The van der Waals surface area contributed by atoms with Gasteiger partial charge in [0.25, 0.3) is 5.91 Å². The fraction of sp³-hybridized carbons (Fsp3) is 0.200. The number of fused-ring (bicyclic) bond motifs is 2. The van der Waals surface area contributed by atoms with Crippen molar-refractivity contribution in [1.82, 2.24) is 30.0 Å². The van der Waals surface area contributed by atoms with Gasteiger partial charge in [-0.1, -0.05) is 42.5 Å². The highest BCUT2D eigenvalue weighted by Crippen LogP contribution is 2.24. The van der Waals surface area contributed by atoms with E-state index < -0.39 is 0 Å². The predicted molar refractivity (Wildman–Crippen MR) is 124 cm³/mol. The maximum absolute atomic E-state index is 13.5. The molecule has 0 unspecified atom stereocenters. The highest BCUT2D eigenvalue weighted by molar-refractivity contribution is 6.06. The topological polar surface area (TPSA) is 88.5 Å². The molecule has 0 spiro atoms. The van der Waals surface area contributed by atoms with E-state index in [2.05, 4.69) is 32.5 Å². The van der Waals surface area contributed by atoms with Crippen LogP contribution in [0.2, 0.25) is 0 Å². The van der Waals surface area contributed by atoms with Crippen LogP contribution in [0.25, 0.3) is 22.1 Å². The third-order valence-corrected chi connectivity index (χ3v) is 5.67. The summed E-state index contributed by atoms with van der Waals surface area (Å²) in [7, 11) is 1.84. The third kappa shape index (κ3) is 3.62. The lowest BCUT2D eigenvalue weighted by Crippen LogP contribution is -2.31. The number of imidazole rings is 1. The molecule has 3 heterocycles. The van der Waals surface area contributed by atoms with Crippen molar-refractivity contribution in [2.24, 2.45) is 7.05 Å². The molecule has 32 heavy (non-hydrogen) atoms. The third-order valence-electron chi connectivity index (χ3n) is 5.67. The Labute approximate surface area is 185 Å². The molecule has 1 atom stereocenters. The minimum atomic E-state index is -0.321. The molecule has 160 valence electrons. The molecule has 0 saturated carbocycles. The van der Waals surface area contributed by atoms with E-state index in [0.717, 1.165) is 39.2 Å².